The number of benzene rings is 1. The smallest absolute Gasteiger partial charge is 0.235 e. The third-order valence-corrected chi connectivity index (χ3v) is 5.76. The lowest BCUT2D eigenvalue weighted by Gasteiger charge is -2.19. The van der Waals surface area contributed by atoms with Crippen molar-refractivity contribution in [3.05, 3.63) is 54.0 Å². The fourth-order valence-electron chi connectivity index (χ4n) is 2.98. The van der Waals surface area contributed by atoms with Gasteiger partial charge in [-0.15, -0.1) is 10.2 Å². The standard InChI is InChI=1S/C22H28N4O2S/c1-15(20(27)25(5)6)29-21-24-23-19(26(21)14-18-8-7-13-28-18)16-9-11-17(12-10-16)22(2,3)4/h7-13,15H,14H2,1-6H3/t15-/m1/s1. The van der Waals surface area contributed by atoms with Gasteiger partial charge in [-0.25, -0.2) is 0 Å². The minimum Gasteiger partial charge on any atom is -0.467 e. The second kappa shape index (κ2) is 8.45. The van der Waals surface area contributed by atoms with Gasteiger partial charge in [0.15, 0.2) is 11.0 Å². The van der Waals surface area contributed by atoms with Crippen LogP contribution in [0.4, 0.5) is 0 Å². The Hall–Kier alpha value is -2.54. The monoisotopic (exact) mass is 412 g/mol. The summed E-state index contributed by atoms with van der Waals surface area (Å²) < 4.78 is 7.56. The molecular formula is C22H28N4O2S. The van der Waals surface area contributed by atoms with Crippen molar-refractivity contribution in [1.29, 1.82) is 0 Å². The molecule has 0 fully saturated rings. The van der Waals surface area contributed by atoms with Crippen LogP contribution in [0.2, 0.25) is 0 Å². The summed E-state index contributed by atoms with van der Waals surface area (Å²) >= 11 is 1.41. The van der Waals surface area contributed by atoms with E-state index in [2.05, 4.69) is 55.2 Å². The maximum Gasteiger partial charge on any atom is 0.235 e. The molecule has 0 radical (unpaired) electrons. The van der Waals surface area contributed by atoms with Crippen LogP contribution in [0.5, 0.6) is 0 Å². The molecule has 154 valence electrons. The molecule has 3 rings (SSSR count). The maximum atomic E-state index is 12.3. The first-order valence-electron chi connectivity index (χ1n) is 9.61. The van der Waals surface area contributed by atoms with Crippen molar-refractivity contribution in [2.45, 2.75) is 50.1 Å². The molecule has 29 heavy (non-hydrogen) atoms. The lowest BCUT2D eigenvalue weighted by atomic mass is 9.87. The predicted octanol–water partition coefficient (Wildman–Crippen LogP) is 4.45. The molecular weight excluding hydrogens is 384 g/mol. The van der Waals surface area contributed by atoms with Crippen molar-refractivity contribution >= 4 is 17.7 Å². The lowest BCUT2D eigenvalue weighted by molar-refractivity contribution is -0.127. The van der Waals surface area contributed by atoms with Crippen LogP contribution in [0.3, 0.4) is 0 Å². The number of hydrogen-bond acceptors (Lipinski definition) is 5. The highest BCUT2D eigenvalue weighted by Crippen LogP contribution is 2.30. The molecule has 6 nitrogen and oxygen atoms in total. The van der Waals surface area contributed by atoms with E-state index < -0.39 is 0 Å². The Morgan fingerprint density at radius 1 is 1.17 bits per heavy atom. The molecule has 0 aliphatic rings. The molecule has 0 unspecified atom stereocenters. The molecule has 2 aromatic heterocycles. The molecule has 3 aromatic rings. The summed E-state index contributed by atoms with van der Waals surface area (Å²) in [6.07, 6.45) is 1.66. The summed E-state index contributed by atoms with van der Waals surface area (Å²) in [6.45, 7) is 8.97. The molecule has 0 saturated carbocycles. The van der Waals surface area contributed by atoms with Crippen LogP contribution in [-0.2, 0) is 16.8 Å². The summed E-state index contributed by atoms with van der Waals surface area (Å²) in [4.78, 5) is 13.9. The van der Waals surface area contributed by atoms with Crippen LogP contribution in [0.15, 0.2) is 52.2 Å². The normalized spacial score (nSPS) is 12.8. The van der Waals surface area contributed by atoms with E-state index >= 15 is 0 Å². The van der Waals surface area contributed by atoms with E-state index in [1.807, 2.05) is 23.6 Å². The lowest BCUT2D eigenvalue weighted by Crippen LogP contribution is -2.29. The van der Waals surface area contributed by atoms with Gasteiger partial charge in [0.05, 0.1) is 18.1 Å². The fraction of sp³-hybridized carbons (Fsp3) is 0.409. The fourth-order valence-corrected chi connectivity index (χ4v) is 3.98. The third kappa shape index (κ3) is 4.90. The quantitative estimate of drug-likeness (QED) is 0.560. The Kier molecular flexibility index (Phi) is 6.17. The van der Waals surface area contributed by atoms with Gasteiger partial charge < -0.3 is 9.32 Å². The van der Waals surface area contributed by atoms with Crippen LogP contribution in [0.1, 0.15) is 39.0 Å². The van der Waals surface area contributed by atoms with Crippen LogP contribution >= 0.6 is 11.8 Å². The number of carbonyl (C=O) groups excluding carboxylic acids is 1. The molecule has 1 aromatic carbocycles. The Morgan fingerprint density at radius 2 is 1.86 bits per heavy atom. The van der Waals surface area contributed by atoms with E-state index in [1.54, 1.807) is 25.3 Å². The predicted molar refractivity (Wildman–Crippen MR) is 116 cm³/mol. The third-order valence-electron chi connectivity index (χ3n) is 4.69. The van der Waals surface area contributed by atoms with E-state index in [4.69, 9.17) is 4.42 Å². The number of hydrogen-bond donors (Lipinski definition) is 0. The largest absolute Gasteiger partial charge is 0.467 e. The van der Waals surface area contributed by atoms with E-state index in [-0.39, 0.29) is 16.6 Å². The van der Waals surface area contributed by atoms with E-state index in [0.29, 0.717) is 11.7 Å². The highest BCUT2D eigenvalue weighted by Gasteiger charge is 2.23. The Labute approximate surface area is 176 Å². The molecule has 0 aliphatic carbocycles. The molecule has 0 spiro atoms. The maximum absolute atomic E-state index is 12.3. The van der Waals surface area contributed by atoms with E-state index in [1.165, 1.54) is 17.3 Å². The van der Waals surface area contributed by atoms with E-state index in [9.17, 15) is 4.79 Å². The van der Waals surface area contributed by atoms with E-state index in [0.717, 1.165) is 17.1 Å². The van der Waals surface area contributed by atoms with Gasteiger partial charge in [0.2, 0.25) is 5.91 Å². The zero-order valence-electron chi connectivity index (χ0n) is 17.8. The highest BCUT2D eigenvalue weighted by atomic mass is 32.2. The summed E-state index contributed by atoms with van der Waals surface area (Å²) in [5, 5.41) is 9.26. The van der Waals surface area contributed by atoms with Gasteiger partial charge in [0, 0.05) is 19.7 Å². The van der Waals surface area contributed by atoms with Crippen molar-refractivity contribution in [2.24, 2.45) is 0 Å². The first kappa shape index (κ1) is 21.2. The van der Waals surface area contributed by atoms with Crippen LogP contribution < -0.4 is 0 Å². The van der Waals surface area contributed by atoms with Crippen molar-refractivity contribution in [3.8, 4) is 11.4 Å². The Balaban J connectivity index is 1.96. The molecule has 7 heteroatoms. The zero-order chi connectivity index (χ0) is 21.2. The van der Waals surface area contributed by atoms with Gasteiger partial charge >= 0.3 is 0 Å². The second-order valence-electron chi connectivity index (χ2n) is 8.29. The van der Waals surface area contributed by atoms with Gasteiger partial charge in [0.1, 0.15) is 5.76 Å². The van der Waals surface area contributed by atoms with Gasteiger partial charge in [-0.3, -0.25) is 9.36 Å². The van der Waals surface area contributed by atoms with Gasteiger partial charge in [-0.05, 0) is 30.0 Å². The summed E-state index contributed by atoms with van der Waals surface area (Å²) in [7, 11) is 3.52. The SMILES string of the molecule is C[C@@H](Sc1nnc(-c2ccc(C(C)(C)C)cc2)n1Cc1ccco1)C(=O)N(C)C. The van der Waals surface area contributed by atoms with Gasteiger partial charge in [0.25, 0.3) is 0 Å². The van der Waals surface area contributed by atoms with Gasteiger partial charge in [-0.1, -0.05) is 56.8 Å². The number of amides is 1. The molecule has 2 heterocycles. The summed E-state index contributed by atoms with van der Waals surface area (Å²) in [5.41, 5.74) is 2.33. The van der Waals surface area contributed by atoms with Crippen LogP contribution in [0.25, 0.3) is 11.4 Å². The van der Waals surface area contributed by atoms with Gasteiger partial charge in [-0.2, -0.15) is 0 Å². The molecule has 0 bridgehead atoms. The zero-order valence-corrected chi connectivity index (χ0v) is 18.7. The number of rotatable bonds is 6. The van der Waals surface area contributed by atoms with Crippen LogP contribution in [0, 0.1) is 0 Å². The highest BCUT2D eigenvalue weighted by molar-refractivity contribution is 8.00. The molecule has 0 aliphatic heterocycles. The Bertz CT molecular complexity index is 954. The topological polar surface area (TPSA) is 64.2 Å². The molecule has 1 atom stereocenters. The van der Waals surface area contributed by atoms with Crippen molar-refractivity contribution in [3.63, 3.8) is 0 Å². The average Bonchev–Trinajstić information content (AvgIpc) is 3.31. The average molecular weight is 413 g/mol. The first-order chi connectivity index (χ1) is 13.7. The molecule has 0 saturated heterocycles. The van der Waals surface area contributed by atoms with Crippen molar-refractivity contribution in [2.75, 3.05) is 14.1 Å². The molecule has 1 amide bonds. The number of furan rings is 1. The molecule has 0 N–H and O–H groups in total. The van der Waals surface area contributed by atoms with Crippen LogP contribution in [-0.4, -0.2) is 44.9 Å². The number of aromatic nitrogens is 3. The summed E-state index contributed by atoms with van der Waals surface area (Å²) in [5.74, 6) is 1.61. The van der Waals surface area contributed by atoms with Crippen molar-refractivity contribution in [1.82, 2.24) is 19.7 Å². The van der Waals surface area contributed by atoms with Crippen molar-refractivity contribution < 1.29 is 9.21 Å². The number of thioether (sulfide) groups is 1. The minimum atomic E-state index is -0.263. The number of carbonyl (C=O) groups is 1. The minimum absolute atomic E-state index is 0.0404. The first-order valence-corrected chi connectivity index (χ1v) is 10.5. The second-order valence-corrected chi connectivity index (χ2v) is 9.60. The summed E-state index contributed by atoms with van der Waals surface area (Å²) in [6, 6.07) is 12.2. The Morgan fingerprint density at radius 3 is 2.41 bits per heavy atom. The number of nitrogens with zero attached hydrogens (tertiary/aromatic N) is 4.